The van der Waals surface area contributed by atoms with E-state index in [2.05, 4.69) is 15.4 Å². The van der Waals surface area contributed by atoms with Crippen molar-refractivity contribution in [2.24, 2.45) is 0 Å². The maximum atomic E-state index is 5.57. The molecule has 0 unspecified atom stereocenters. The highest BCUT2D eigenvalue weighted by molar-refractivity contribution is 4.94. The van der Waals surface area contributed by atoms with Crippen LogP contribution < -0.4 is 5.32 Å². The first kappa shape index (κ1) is 20.1. The number of nitrogens with one attached hydrogen (secondary N) is 1. The van der Waals surface area contributed by atoms with Crippen LogP contribution in [0.25, 0.3) is 0 Å². The molecular weight excluding hydrogens is 266 g/mol. The van der Waals surface area contributed by atoms with E-state index in [-0.39, 0.29) is 0 Å². The van der Waals surface area contributed by atoms with Crippen LogP contribution in [0, 0.1) is 0 Å². The molecule has 0 aromatic carbocycles. The van der Waals surface area contributed by atoms with Gasteiger partial charge in [-0.05, 0) is 6.42 Å². The monoisotopic (exact) mass is 299 g/mol. The lowest BCUT2D eigenvalue weighted by Crippen LogP contribution is -2.43. The number of piperazine rings is 1. The topological polar surface area (TPSA) is 50.5 Å². The highest BCUT2D eigenvalue weighted by atomic mass is 16.5. The van der Waals surface area contributed by atoms with Crippen molar-refractivity contribution in [1.82, 2.24) is 15.4 Å². The quantitative estimate of drug-likeness (QED) is 0.784. The third-order valence-corrected chi connectivity index (χ3v) is 2.97. The van der Waals surface area contributed by atoms with Gasteiger partial charge in [-0.2, -0.15) is 0 Å². The van der Waals surface area contributed by atoms with E-state index in [1.54, 1.807) is 6.26 Å². The standard InChI is InChI=1S/C12H21N3O2.2C2H6/c1(6-15-7-4-13-5-8-15)9-16-10-2-12-3-11-17-14-12;2*1-2/h3,11,13H,1-2,4-10H2;2*1-2H3. The Morgan fingerprint density at radius 2 is 1.90 bits per heavy atom. The van der Waals surface area contributed by atoms with Gasteiger partial charge < -0.3 is 19.5 Å². The first-order valence-corrected chi connectivity index (χ1v) is 8.35. The van der Waals surface area contributed by atoms with E-state index in [1.807, 2.05) is 33.8 Å². The molecule has 0 spiro atoms. The fraction of sp³-hybridized carbons (Fsp3) is 0.812. The number of hydrogen-bond acceptors (Lipinski definition) is 5. The van der Waals surface area contributed by atoms with Crippen molar-refractivity contribution in [2.75, 3.05) is 45.9 Å². The normalized spacial score (nSPS) is 14.7. The van der Waals surface area contributed by atoms with Crippen LogP contribution >= 0.6 is 0 Å². The summed E-state index contributed by atoms with van der Waals surface area (Å²) in [5.74, 6) is 0. The van der Waals surface area contributed by atoms with Crippen LogP contribution in [0.2, 0.25) is 0 Å². The van der Waals surface area contributed by atoms with Gasteiger partial charge in [0.15, 0.2) is 0 Å². The summed E-state index contributed by atoms with van der Waals surface area (Å²) in [6.45, 7) is 15.3. The lowest BCUT2D eigenvalue weighted by molar-refractivity contribution is 0.119. The lowest BCUT2D eigenvalue weighted by Gasteiger charge is -2.26. The second-order valence-corrected chi connectivity index (χ2v) is 4.30. The molecule has 1 aliphatic heterocycles. The Balaban J connectivity index is 0.000000921. The third kappa shape index (κ3) is 10.5. The van der Waals surface area contributed by atoms with E-state index in [4.69, 9.17) is 9.26 Å². The van der Waals surface area contributed by atoms with Crippen molar-refractivity contribution in [3.05, 3.63) is 18.0 Å². The van der Waals surface area contributed by atoms with E-state index in [9.17, 15) is 0 Å². The first-order chi connectivity index (χ1) is 10.4. The molecule has 0 radical (unpaired) electrons. The molecule has 0 amide bonds. The summed E-state index contributed by atoms with van der Waals surface area (Å²) in [5, 5.41) is 7.19. The molecular formula is C16H33N3O2. The Bertz CT molecular complexity index is 286. The molecule has 21 heavy (non-hydrogen) atoms. The predicted octanol–water partition coefficient (Wildman–Crippen LogP) is 2.58. The Labute approximate surface area is 130 Å². The van der Waals surface area contributed by atoms with Crippen LogP contribution in [0.3, 0.4) is 0 Å². The van der Waals surface area contributed by atoms with Crippen molar-refractivity contribution in [2.45, 2.75) is 40.5 Å². The van der Waals surface area contributed by atoms with Gasteiger partial charge >= 0.3 is 0 Å². The van der Waals surface area contributed by atoms with Crippen LogP contribution in [0.4, 0.5) is 0 Å². The zero-order valence-corrected chi connectivity index (χ0v) is 14.2. The summed E-state index contributed by atoms with van der Waals surface area (Å²) >= 11 is 0. The molecule has 1 fully saturated rings. The Kier molecular flexibility index (Phi) is 14.8. The minimum Gasteiger partial charge on any atom is -0.381 e. The van der Waals surface area contributed by atoms with Crippen molar-refractivity contribution in [3.8, 4) is 0 Å². The fourth-order valence-corrected chi connectivity index (χ4v) is 1.97. The number of ether oxygens (including phenoxy) is 1. The van der Waals surface area contributed by atoms with Gasteiger partial charge in [-0.15, -0.1) is 0 Å². The molecule has 5 nitrogen and oxygen atoms in total. The van der Waals surface area contributed by atoms with Crippen LogP contribution in [-0.4, -0.2) is 56.0 Å². The van der Waals surface area contributed by atoms with E-state index >= 15 is 0 Å². The van der Waals surface area contributed by atoms with E-state index < -0.39 is 0 Å². The van der Waals surface area contributed by atoms with Gasteiger partial charge in [-0.25, -0.2) is 0 Å². The molecule has 0 aliphatic carbocycles. The maximum Gasteiger partial charge on any atom is 0.124 e. The molecule has 2 rings (SSSR count). The Morgan fingerprint density at radius 3 is 2.52 bits per heavy atom. The van der Waals surface area contributed by atoms with Gasteiger partial charge in [0, 0.05) is 51.8 Å². The van der Waals surface area contributed by atoms with E-state index in [1.165, 1.54) is 13.1 Å². The largest absolute Gasteiger partial charge is 0.381 e. The minimum atomic E-state index is 0.730. The summed E-state index contributed by atoms with van der Waals surface area (Å²) < 4.78 is 10.3. The van der Waals surface area contributed by atoms with Gasteiger partial charge in [0.2, 0.25) is 0 Å². The first-order valence-electron chi connectivity index (χ1n) is 8.35. The number of nitrogens with zero attached hydrogens (tertiary/aromatic N) is 2. The predicted molar refractivity (Wildman–Crippen MR) is 87.6 cm³/mol. The van der Waals surface area contributed by atoms with Crippen LogP contribution in [0.15, 0.2) is 16.9 Å². The molecule has 0 atom stereocenters. The Morgan fingerprint density at radius 1 is 1.19 bits per heavy atom. The van der Waals surface area contributed by atoms with Crippen molar-refractivity contribution in [1.29, 1.82) is 0 Å². The van der Waals surface area contributed by atoms with Gasteiger partial charge in [0.05, 0.1) is 12.3 Å². The average Bonchev–Trinajstić information content (AvgIpc) is 3.09. The van der Waals surface area contributed by atoms with Crippen LogP contribution in [0.1, 0.15) is 39.8 Å². The smallest absolute Gasteiger partial charge is 0.124 e. The molecule has 1 saturated heterocycles. The average molecular weight is 299 g/mol. The Hall–Kier alpha value is -0.910. The number of hydrogen-bond donors (Lipinski definition) is 1. The zero-order valence-electron chi connectivity index (χ0n) is 14.2. The van der Waals surface area contributed by atoms with E-state index in [0.29, 0.717) is 0 Å². The fourth-order valence-electron chi connectivity index (χ4n) is 1.97. The highest BCUT2D eigenvalue weighted by Crippen LogP contribution is 1.98. The molecule has 5 heteroatoms. The maximum absolute atomic E-state index is 5.57. The van der Waals surface area contributed by atoms with Crippen LogP contribution in [0.5, 0.6) is 0 Å². The lowest BCUT2D eigenvalue weighted by atomic mass is 10.3. The molecule has 0 bridgehead atoms. The summed E-state index contributed by atoms with van der Waals surface area (Å²) in [6, 6.07) is 1.88. The molecule has 124 valence electrons. The molecule has 1 aliphatic rings. The van der Waals surface area contributed by atoms with Gasteiger partial charge in [0.25, 0.3) is 0 Å². The van der Waals surface area contributed by atoms with Gasteiger partial charge in [0.1, 0.15) is 6.26 Å². The number of aromatic nitrogens is 1. The summed E-state index contributed by atoms with van der Waals surface area (Å²) in [4.78, 5) is 2.48. The molecule has 0 saturated carbocycles. The zero-order chi connectivity index (χ0) is 15.8. The second-order valence-electron chi connectivity index (χ2n) is 4.30. The minimum absolute atomic E-state index is 0.730. The van der Waals surface area contributed by atoms with Gasteiger partial charge in [-0.3, -0.25) is 0 Å². The molecule has 1 aromatic heterocycles. The van der Waals surface area contributed by atoms with Crippen LogP contribution in [-0.2, 0) is 11.2 Å². The van der Waals surface area contributed by atoms with Crippen molar-refractivity contribution < 1.29 is 9.26 Å². The second kappa shape index (κ2) is 15.5. The highest BCUT2D eigenvalue weighted by Gasteiger charge is 2.08. The van der Waals surface area contributed by atoms with E-state index in [0.717, 1.165) is 51.4 Å². The van der Waals surface area contributed by atoms with Crippen molar-refractivity contribution >= 4 is 0 Å². The SMILES string of the molecule is CC.CC.c1cc(CCOCCCN2CCNCC2)no1. The number of rotatable bonds is 7. The summed E-state index contributed by atoms with van der Waals surface area (Å²) in [6.07, 6.45) is 3.54. The summed E-state index contributed by atoms with van der Waals surface area (Å²) in [7, 11) is 0. The summed E-state index contributed by atoms with van der Waals surface area (Å²) in [5.41, 5.74) is 0.965. The van der Waals surface area contributed by atoms with Gasteiger partial charge in [-0.1, -0.05) is 32.9 Å². The third-order valence-electron chi connectivity index (χ3n) is 2.97. The molecule has 2 heterocycles. The molecule has 1 N–H and O–H groups in total. The van der Waals surface area contributed by atoms with Crippen molar-refractivity contribution in [3.63, 3.8) is 0 Å². The molecule has 1 aromatic rings.